The molecule has 0 amide bonds. The lowest BCUT2D eigenvalue weighted by Gasteiger charge is -2.07. The molecule has 0 aliphatic heterocycles. The summed E-state index contributed by atoms with van der Waals surface area (Å²) in [5, 5.41) is 0.870. The molecule has 0 atom stereocenters. The maximum absolute atomic E-state index is 11.6. The number of esters is 1. The number of rotatable bonds is 4. The van der Waals surface area contributed by atoms with Crippen LogP contribution in [-0.2, 0) is 16.1 Å². The SMILES string of the molecule is CCOC(=O)Cn1c(C)c(C=O)c2ccccc21. The Bertz CT molecular complexity index is 598. The number of nitrogens with zero attached hydrogens (tertiary/aromatic N) is 1. The molecule has 2 aromatic rings. The Morgan fingerprint density at radius 2 is 2.11 bits per heavy atom. The standard InChI is InChI=1S/C14H15NO3/c1-3-18-14(17)8-15-10(2)12(9-16)11-6-4-5-7-13(11)15/h4-7,9H,3,8H2,1-2H3. The molecule has 4 heteroatoms. The molecule has 0 radical (unpaired) electrons. The van der Waals surface area contributed by atoms with Crippen molar-refractivity contribution < 1.29 is 14.3 Å². The van der Waals surface area contributed by atoms with E-state index in [4.69, 9.17) is 4.74 Å². The maximum Gasteiger partial charge on any atom is 0.325 e. The van der Waals surface area contributed by atoms with Crippen LogP contribution in [0.5, 0.6) is 0 Å². The summed E-state index contributed by atoms with van der Waals surface area (Å²) in [6.45, 7) is 4.10. The van der Waals surface area contributed by atoms with Crippen molar-refractivity contribution >= 4 is 23.2 Å². The number of para-hydroxylation sites is 1. The van der Waals surface area contributed by atoms with Gasteiger partial charge in [0.1, 0.15) is 6.54 Å². The molecule has 0 saturated heterocycles. The van der Waals surface area contributed by atoms with Crippen molar-refractivity contribution in [3.05, 3.63) is 35.5 Å². The molecule has 4 nitrogen and oxygen atoms in total. The summed E-state index contributed by atoms with van der Waals surface area (Å²) < 4.78 is 6.76. The number of aldehydes is 1. The van der Waals surface area contributed by atoms with Gasteiger partial charge in [-0.05, 0) is 19.9 Å². The summed E-state index contributed by atoms with van der Waals surface area (Å²) in [6, 6.07) is 7.55. The van der Waals surface area contributed by atoms with Gasteiger partial charge in [0.05, 0.1) is 6.61 Å². The number of hydrogen-bond acceptors (Lipinski definition) is 3. The second kappa shape index (κ2) is 5.04. The Balaban J connectivity index is 2.53. The number of carbonyl (C=O) groups excluding carboxylic acids is 2. The number of aromatic nitrogens is 1. The van der Waals surface area contributed by atoms with Gasteiger partial charge in [-0.1, -0.05) is 18.2 Å². The minimum absolute atomic E-state index is 0.133. The van der Waals surface area contributed by atoms with E-state index in [0.717, 1.165) is 22.9 Å². The Labute approximate surface area is 105 Å². The maximum atomic E-state index is 11.6. The molecular weight excluding hydrogens is 230 g/mol. The predicted molar refractivity (Wildman–Crippen MR) is 68.7 cm³/mol. The fourth-order valence-electron chi connectivity index (χ4n) is 2.15. The fraction of sp³-hybridized carbons (Fsp3) is 0.286. The van der Waals surface area contributed by atoms with Crippen LogP contribution in [0.2, 0.25) is 0 Å². The van der Waals surface area contributed by atoms with Crippen molar-refractivity contribution in [3.8, 4) is 0 Å². The van der Waals surface area contributed by atoms with Gasteiger partial charge in [-0.3, -0.25) is 9.59 Å². The van der Waals surface area contributed by atoms with Crippen molar-refractivity contribution in [2.75, 3.05) is 6.61 Å². The highest BCUT2D eigenvalue weighted by Crippen LogP contribution is 2.24. The lowest BCUT2D eigenvalue weighted by Crippen LogP contribution is -2.14. The second-order valence-electron chi connectivity index (χ2n) is 4.03. The smallest absolute Gasteiger partial charge is 0.325 e. The third-order valence-electron chi connectivity index (χ3n) is 2.99. The van der Waals surface area contributed by atoms with Gasteiger partial charge < -0.3 is 9.30 Å². The van der Waals surface area contributed by atoms with E-state index in [1.54, 1.807) is 6.92 Å². The lowest BCUT2D eigenvalue weighted by atomic mass is 10.1. The second-order valence-corrected chi connectivity index (χ2v) is 4.03. The zero-order valence-electron chi connectivity index (χ0n) is 10.5. The van der Waals surface area contributed by atoms with Crippen LogP contribution in [0, 0.1) is 6.92 Å². The van der Waals surface area contributed by atoms with Crippen LogP contribution < -0.4 is 0 Å². The molecule has 0 aliphatic rings. The van der Waals surface area contributed by atoms with Crippen molar-refractivity contribution in [2.24, 2.45) is 0 Å². The summed E-state index contributed by atoms with van der Waals surface area (Å²) in [7, 11) is 0. The summed E-state index contributed by atoms with van der Waals surface area (Å²) in [4.78, 5) is 22.7. The summed E-state index contributed by atoms with van der Waals surface area (Å²) >= 11 is 0. The molecule has 1 heterocycles. The number of ether oxygens (including phenoxy) is 1. The van der Waals surface area contributed by atoms with E-state index in [1.165, 1.54) is 0 Å². The van der Waals surface area contributed by atoms with E-state index in [-0.39, 0.29) is 12.5 Å². The third-order valence-corrected chi connectivity index (χ3v) is 2.99. The molecule has 18 heavy (non-hydrogen) atoms. The highest BCUT2D eigenvalue weighted by molar-refractivity contribution is 5.99. The molecule has 0 saturated carbocycles. The molecule has 0 aliphatic carbocycles. The average Bonchev–Trinajstić information content (AvgIpc) is 2.63. The topological polar surface area (TPSA) is 48.3 Å². The van der Waals surface area contributed by atoms with Crippen molar-refractivity contribution in [1.82, 2.24) is 4.57 Å². The minimum Gasteiger partial charge on any atom is -0.465 e. The first-order valence-electron chi connectivity index (χ1n) is 5.87. The highest BCUT2D eigenvalue weighted by atomic mass is 16.5. The quantitative estimate of drug-likeness (QED) is 0.613. The monoisotopic (exact) mass is 245 g/mol. The van der Waals surface area contributed by atoms with Gasteiger partial charge >= 0.3 is 5.97 Å². The lowest BCUT2D eigenvalue weighted by molar-refractivity contribution is -0.143. The van der Waals surface area contributed by atoms with Gasteiger partial charge in [0.15, 0.2) is 6.29 Å². The van der Waals surface area contributed by atoms with Crippen LogP contribution in [0.25, 0.3) is 10.9 Å². The van der Waals surface area contributed by atoms with Crippen LogP contribution in [0.3, 0.4) is 0 Å². The Kier molecular flexibility index (Phi) is 3.46. The predicted octanol–water partition coefficient (Wildman–Crippen LogP) is 2.33. The number of carbonyl (C=O) groups is 2. The summed E-state index contributed by atoms with van der Waals surface area (Å²) in [5.41, 5.74) is 2.30. The first kappa shape index (κ1) is 12.4. The van der Waals surface area contributed by atoms with E-state index in [0.29, 0.717) is 12.2 Å². The highest BCUT2D eigenvalue weighted by Gasteiger charge is 2.15. The van der Waals surface area contributed by atoms with E-state index in [1.807, 2.05) is 35.8 Å². The van der Waals surface area contributed by atoms with Gasteiger partial charge in [0, 0.05) is 22.2 Å². The van der Waals surface area contributed by atoms with Crippen LogP contribution in [0.4, 0.5) is 0 Å². The Hall–Kier alpha value is -2.10. The van der Waals surface area contributed by atoms with Gasteiger partial charge in [-0.15, -0.1) is 0 Å². The fourth-order valence-corrected chi connectivity index (χ4v) is 2.15. The van der Waals surface area contributed by atoms with Crippen LogP contribution in [-0.4, -0.2) is 23.4 Å². The molecule has 94 valence electrons. The van der Waals surface area contributed by atoms with Crippen LogP contribution in [0.15, 0.2) is 24.3 Å². The average molecular weight is 245 g/mol. The minimum atomic E-state index is -0.293. The molecular formula is C14H15NO3. The Morgan fingerprint density at radius 3 is 2.78 bits per heavy atom. The van der Waals surface area contributed by atoms with Gasteiger partial charge in [0.2, 0.25) is 0 Å². The zero-order valence-corrected chi connectivity index (χ0v) is 10.5. The molecule has 0 bridgehead atoms. The Morgan fingerprint density at radius 1 is 1.39 bits per heavy atom. The number of fused-ring (bicyclic) bond motifs is 1. The molecule has 0 spiro atoms. The first-order chi connectivity index (χ1) is 8.69. The van der Waals surface area contributed by atoms with Crippen LogP contribution >= 0.6 is 0 Å². The van der Waals surface area contributed by atoms with Crippen molar-refractivity contribution in [3.63, 3.8) is 0 Å². The molecule has 1 aromatic heterocycles. The van der Waals surface area contributed by atoms with E-state index >= 15 is 0 Å². The van der Waals surface area contributed by atoms with E-state index < -0.39 is 0 Å². The summed E-state index contributed by atoms with van der Waals surface area (Å²) in [6.07, 6.45) is 0.833. The van der Waals surface area contributed by atoms with Gasteiger partial charge in [-0.25, -0.2) is 0 Å². The molecule has 2 rings (SSSR count). The summed E-state index contributed by atoms with van der Waals surface area (Å²) in [5.74, 6) is -0.293. The molecule has 1 aromatic carbocycles. The molecule has 0 fully saturated rings. The van der Waals surface area contributed by atoms with Crippen molar-refractivity contribution in [2.45, 2.75) is 20.4 Å². The van der Waals surface area contributed by atoms with Gasteiger partial charge in [0.25, 0.3) is 0 Å². The first-order valence-corrected chi connectivity index (χ1v) is 5.87. The van der Waals surface area contributed by atoms with E-state index in [9.17, 15) is 9.59 Å². The largest absolute Gasteiger partial charge is 0.465 e. The third kappa shape index (κ3) is 2.01. The van der Waals surface area contributed by atoms with Crippen LogP contribution in [0.1, 0.15) is 23.0 Å². The normalized spacial score (nSPS) is 10.6. The molecule has 0 unspecified atom stereocenters. The van der Waals surface area contributed by atoms with Gasteiger partial charge in [-0.2, -0.15) is 0 Å². The molecule has 0 N–H and O–H groups in total. The number of hydrogen-bond donors (Lipinski definition) is 0. The number of benzene rings is 1. The zero-order chi connectivity index (χ0) is 13.1. The van der Waals surface area contributed by atoms with Crippen molar-refractivity contribution in [1.29, 1.82) is 0 Å². The van der Waals surface area contributed by atoms with E-state index in [2.05, 4.69) is 0 Å².